The van der Waals surface area contributed by atoms with Crippen molar-refractivity contribution in [2.75, 3.05) is 5.75 Å². The third-order valence-electron chi connectivity index (χ3n) is 3.16. The van der Waals surface area contributed by atoms with Crippen LogP contribution in [-0.2, 0) is 0 Å². The average Bonchev–Trinajstić information content (AvgIpc) is 2.98. The van der Waals surface area contributed by atoms with E-state index in [0.29, 0.717) is 17.5 Å². The van der Waals surface area contributed by atoms with E-state index in [1.54, 1.807) is 0 Å². The van der Waals surface area contributed by atoms with E-state index in [0.717, 1.165) is 16.8 Å². The number of rotatable bonds is 4. The summed E-state index contributed by atoms with van der Waals surface area (Å²) in [7, 11) is 0. The minimum Gasteiger partial charge on any atom is -0.332 e. The highest BCUT2D eigenvalue weighted by Crippen LogP contribution is 2.34. The monoisotopic (exact) mass is 334 g/mol. The second kappa shape index (κ2) is 6.50. The van der Waals surface area contributed by atoms with Crippen LogP contribution in [0.15, 0.2) is 65.8 Å². The van der Waals surface area contributed by atoms with E-state index in [2.05, 4.69) is 9.97 Å². The number of imidazole rings is 1. The number of hydrogen-bond donors (Lipinski definition) is 1. The highest BCUT2D eigenvalue weighted by Gasteiger charge is 2.28. The van der Waals surface area contributed by atoms with Gasteiger partial charge in [-0.15, -0.1) is 0 Å². The Balaban J connectivity index is 2.01. The van der Waals surface area contributed by atoms with Crippen molar-refractivity contribution in [2.24, 2.45) is 0 Å². The Kier molecular flexibility index (Phi) is 4.43. The number of thioether (sulfide) groups is 1. The molecule has 0 atom stereocenters. The zero-order chi connectivity index (χ0) is 16.3. The highest BCUT2D eigenvalue weighted by atomic mass is 32.2. The number of halogens is 3. The summed E-state index contributed by atoms with van der Waals surface area (Å²) in [5, 5.41) is 0.264. The molecule has 0 spiro atoms. The van der Waals surface area contributed by atoms with Gasteiger partial charge in [0.1, 0.15) is 0 Å². The van der Waals surface area contributed by atoms with Gasteiger partial charge in [-0.05, 0) is 0 Å². The molecular formula is C17H13F3N2S. The normalized spacial score (nSPS) is 11.6. The van der Waals surface area contributed by atoms with E-state index in [-0.39, 0.29) is 5.16 Å². The third-order valence-corrected chi connectivity index (χ3v) is 4.10. The molecule has 23 heavy (non-hydrogen) atoms. The van der Waals surface area contributed by atoms with E-state index in [1.807, 2.05) is 60.7 Å². The summed E-state index contributed by atoms with van der Waals surface area (Å²) >= 11 is 0.660. The zero-order valence-electron chi connectivity index (χ0n) is 12.0. The van der Waals surface area contributed by atoms with Crippen LogP contribution in [0.3, 0.4) is 0 Å². The van der Waals surface area contributed by atoms with Gasteiger partial charge in [0.05, 0.1) is 17.1 Å². The van der Waals surface area contributed by atoms with Crippen LogP contribution in [0.4, 0.5) is 13.2 Å². The summed E-state index contributed by atoms with van der Waals surface area (Å²) in [5.41, 5.74) is 3.13. The summed E-state index contributed by atoms with van der Waals surface area (Å²) in [5.74, 6) is -0.969. The van der Waals surface area contributed by atoms with Gasteiger partial charge in [0, 0.05) is 11.1 Å². The molecule has 0 saturated heterocycles. The lowest BCUT2D eigenvalue weighted by Crippen LogP contribution is -2.10. The number of H-pyrrole nitrogens is 1. The van der Waals surface area contributed by atoms with Gasteiger partial charge >= 0.3 is 6.18 Å². The largest absolute Gasteiger partial charge is 0.398 e. The lowest BCUT2D eigenvalue weighted by Gasteiger charge is -2.03. The minimum atomic E-state index is -4.22. The SMILES string of the molecule is FC(F)(F)CSc1nc(-c2ccccc2)c(-c2ccccc2)[nH]1. The second-order valence-corrected chi connectivity index (χ2v) is 5.87. The van der Waals surface area contributed by atoms with E-state index in [9.17, 15) is 13.2 Å². The van der Waals surface area contributed by atoms with Crippen molar-refractivity contribution in [3.05, 3.63) is 60.7 Å². The molecule has 1 N–H and O–H groups in total. The fourth-order valence-corrected chi connectivity index (χ4v) is 2.82. The first-order valence-electron chi connectivity index (χ1n) is 6.93. The molecule has 3 rings (SSSR count). The standard InChI is InChI=1S/C17H13F3N2S/c18-17(19,20)11-23-16-21-14(12-7-3-1-4-8-12)15(22-16)13-9-5-2-6-10-13/h1-10H,11H2,(H,21,22). The highest BCUT2D eigenvalue weighted by molar-refractivity contribution is 7.99. The van der Waals surface area contributed by atoms with Crippen molar-refractivity contribution >= 4 is 11.8 Å². The lowest BCUT2D eigenvalue weighted by atomic mass is 10.1. The van der Waals surface area contributed by atoms with Gasteiger partial charge in [0.2, 0.25) is 0 Å². The Morgan fingerprint density at radius 1 is 0.870 bits per heavy atom. The molecule has 2 nitrogen and oxygen atoms in total. The molecule has 118 valence electrons. The summed E-state index contributed by atoms with van der Waals surface area (Å²) in [6, 6.07) is 18.9. The Morgan fingerprint density at radius 3 is 2.00 bits per heavy atom. The van der Waals surface area contributed by atoms with Crippen LogP contribution in [0.5, 0.6) is 0 Å². The zero-order valence-corrected chi connectivity index (χ0v) is 12.8. The van der Waals surface area contributed by atoms with Gasteiger partial charge in [0.15, 0.2) is 5.16 Å². The van der Waals surface area contributed by atoms with Gasteiger partial charge in [-0.3, -0.25) is 0 Å². The fourth-order valence-electron chi connectivity index (χ4n) is 2.19. The van der Waals surface area contributed by atoms with Crippen molar-refractivity contribution in [2.45, 2.75) is 11.3 Å². The van der Waals surface area contributed by atoms with Crippen molar-refractivity contribution in [1.29, 1.82) is 0 Å². The molecular weight excluding hydrogens is 321 g/mol. The van der Waals surface area contributed by atoms with E-state index < -0.39 is 11.9 Å². The van der Waals surface area contributed by atoms with Gasteiger partial charge < -0.3 is 4.98 Å². The molecule has 0 aliphatic rings. The van der Waals surface area contributed by atoms with Crippen molar-refractivity contribution in [1.82, 2.24) is 9.97 Å². The molecule has 0 saturated carbocycles. The Labute approximate surface area is 135 Å². The average molecular weight is 334 g/mol. The van der Waals surface area contributed by atoms with E-state index >= 15 is 0 Å². The Bertz CT molecular complexity index is 711. The van der Waals surface area contributed by atoms with Gasteiger partial charge in [-0.1, -0.05) is 72.4 Å². The predicted molar refractivity (Wildman–Crippen MR) is 86.2 cm³/mol. The molecule has 0 fully saturated rings. The number of benzene rings is 2. The quantitative estimate of drug-likeness (QED) is 0.647. The maximum Gasteiger partial charge on any atom is 0.398 e. The van der Waals surface area contributed by atoms with Crippen LogP contribution in [-0.4, -0.2) is 21.9 Å². The van der Waals surface area contributed by atoms with Crippen molar-refractivity contribution in [3.8, 4) is 22.5 Å². The smallest absolute Gasteiger partial charge is 0.332 e. The molecule has 0 amide bonds. The molecule has 0 aliphatic heterocycles. The first-order valence-corrected chi connectivity index (χ1v) is 7.92. The number of aromatic amines is 1. The number of nitrogens with one attached hydrogen (secondary N) is 1. The Hall–Kier alpha value is -2.21. The summed E-state index contributed by atoms with van der Waals surface area (Å²) in [6.45, 7) is 0. The molecule has 0 bridgehead atoms. The Morgan fingerprint density at radius 2 is 1.43 bits per heavy atom. The molecule has 6 heteroatoms. The first-order chi connectivity index (χ1) is 11.0. The lowest BCUT2D eigenvalue weighted by molar-refractivity contribution is -0.105. The molecule has 3 aromatic rings. The number of alkyl halides is 3. The van der Waals surface area contributed by atoms with Crippen molar-refractivity contribution < 1.29 is 13.2 Å². The van der Waals surface area contributed by atoms with Crippen LogP contribution >= 0.6 is 11.8 Å². The van der Waals surface area contributed by atoms with Crippen LogP contribution in [0, 0.1) is 0 Å². The fraction of sp³-hybridized carbons (Fsp3) is 0.118. The summed E-state index contributed by atoms with van der Waals surface area (Å²) in [4.78, 5) is 7.39. The number of aromatic nitrogens is 2. The topological polar surface area (TPSA) is 28.7 Å². The summed E-state index contributed by atoms with van der Waals surface area (Å²) < 4.78 is 37.3. The number of hydrogen-bond acceptors (Lipinski definition) is 2. The van der Waals surface area contributed by atoms with Crippen LogP contribution in [0.2, 0.25) is 0 Å². The van der Waals surface area contributed by atoms with Crippen LogP contribution in [0.25, 0.3) is 22.5 Å². The van der Waals surface area contributed by atoms with Crippen molar-refractivity contribution in [3.63, 3.8) is 0 Å². The molecule has 1 aromatic heterocycles. The molecule has 0 unspecified atom stereocenters. The maximum absolute atomic E-state index is 12.4. The molecule has 0 radical (unpaired) electrons. The van der Waals surface area contributed by atoms with Gasteiger partial charge in [0.25, 0.3) is 0 Å². The van der Waals surface area contributed by atoms with Gasteiger partial charge in [-0.25, -0.2) is 4.98 Å². The third kappa shape index (κ3) is 3.96. The molecule has 0 aliphatic carbocycles. The second-order valence-electron chi connectivity index (χ2n) is 4.90. The minimum absolute atomic E-state index is 0.264. The maximum atomic E-state index is 12.4. The first kappa shape index (κ1) is 15.7. The summed E-state index contributed by atoms with van der Waals surface area (Å²) in [6.07, 6.45) is -4.22. The molecule has 2 aromatic carbocycles. The molecule has 1 heterocycles. The van der Waals surface area contributed by atoms with E-state index in [4.69, 9.17) is 0 Å². The van der Waals surface area contributed by atoms with Gasteiger partial charge in [-0.2, -0.15) is 13.2 Å². The predicted octanol–water partition coefficient (Wildman–Crippen LogP) is 5.40. The van der Waals surface area contributed by atoms with E-state index in [1.165, 1.54) is 0 Å². The van der Waals surface area contributed by atoms with Crippen LogP contribution < -0.4 is 0 Å². The van der Waals surface area contributed by atoms with Crippen LogP contribution in [0.1, 0.15) is 0 Å². The number of nitrogens with zero attached hydrogens (tertiary/aromatic N) is 1.